The molecule has 0 spiro atoms. The van der Waals surface area contributed by atoms with E-state index in [1.54, 1.807) is 0 Å². The van der Waals surface area contributed by atoms with Crippen LogP contribution in [0.3, 0.4) is 0 Å². The third kappa shape index (κ3) is 3.37. The lowest BCUT2D eigenvalue weighted by atomic mass is 10.0. The zero-order chi connectivity index (χ0) is 10.4. The Hall–Kier alpha value is -1.04. The van der Waals surface area contributed by atoms with Crippen molar-refractivity contribution in [3.63, 3.8) is 0 Å². The molecule has 0 aliphatic heterocycles. The molecule has 0 saturated carbocycles. The average molecular weight is 188 g/mol. The zero-order valence-electron chi connectivity index (χ0n) is 9.34. The average Bonchev–Trinajstić information content (AvgIpc) is 2.18. The van der Waals surface area contributed by atoms with Gasteiger partial charge in [-0.1, -0.05) is 24.3 Å². The summed E-state index contributed by atoms with van der Waals surface area (Å²) in [6.45, 7) is 8.08. The summed E-state index contributed by atoms with van der Waals surface area (Å²) >= 11 is 0. The van der Waals surface area contributed by atoms with Crippen LogP contribution >= 0.6 is 0 Å². The molecular weight excluding hydrogens is 168 g/mol. The monoisotopic (exact) mass is 188 g/mol. The third-order valence-electron chi connectivity index (χ3n) is 2.70. The van der Waals surface area contributed by atoms with Gasteiger partial charge < -0.3 is 0 Å². The van der Waals surface area contributed by atoms with Gasteiger partial charge in [0, 0.05) is 0 Å². The Morgan fingerprint density at radius 2 is 1.93 bits per heavy atom. The second kappa shape index (κ2) is 5.64. The zero-order valence-corrected chi connectivity index (χ0v) is 9.34. The van der Waals surface area contributed by atoms with Gasteiger partial charge in [0.25, 0.3) is 0 Å². The first kappa shape index (κ1) is 11.0. The van der Waals surface area contributed by atoms with E-state index in [2.05, 4.69) is 38.6 Å². The number of hydrogen-bond donors (Lipinski definition) is 0. The van der Waals surface area contributed by atoms with Crippen LogP contribution in [0.25, 0.3) is 0 Å². The summed E-state index contributed by atoms with van der Waals surface area (Å²) < 4.78 is 0. The van der Waals surface area contributed by atoms with Gasteiger partial charge in [0.15, 0.2) is 0 Å². The SMILES string of the molecule is C=CCCCCc1ccc(C)c(C)c1. The molecule has 76 valence electrons. The van der Waals surface area contributed by atoms with Gasteiger partial charge in [0.05, 0.1) is 0 Å². The van der Waals surface area contributed by atoms with E-state index >= 15 is 0 Å². The Kier molecular flexibility index (Phi) is 4.45. The lowest BCUT2D eigenvalue weighted by Gasteiger charge is -2.04. The summed E-state index contributed by atoms with van der Waals surface area (Å²) in [5.74, 6) is 0. The number of allylic oxidation sites excluding steroid dienone is 1. The summed E-state index contributed by atoms with van der Waals surface area (Å²) in [5.41, 5.74) is 4.27. The lowest BCUT2D eigenvalue weighted by Crippen LogP contribution is -1.88. The Labute approximate surface area is 87.7 Å². The van der Waals surface area contributed by atoms with Crippen molar-refractivity contribution in [3.05, 3.63) is 47.5 Å². The molecule has 0 saturated heterocycles. The minimum Gasteiger partial charge on any atom is -0.103 e. The summed E-state index contributed by atoms with van der Waals surface area (Å²) in [5, 5.41) is 0. The number of rotatable bonds is 5. The highest BCUT2D eigenvalue weighted by Gasteiger charge is 1.96. The van der Waals surface area contributed by atoms with Crippen molar-refractivity contribution in [1.29, 1.82) is 0 Å². The molecular formula is C14H20. The van der Waals surface area contributed by atoms with Crippen LogP contribution in [-0.4, -0.2) is 0 Å². The van der Waals surface area contributed by atoms with E-state index in [-0.39, 0.29) is 0 Å². The topological polar surface area (TPSA) is 0 Å². The van der Waals surface area contributed by atoms with E-state index in [1.807, 2.05) is 6.08 Å². The molecule has 0 bridgehead atoms. The molecule has 0 aromatic heterocycles. The summed E-state index contributed by atoms with van der Waals surface area (Å²) in [6.07, 6.45) is 6.88. The highest BCUT2D eigenvalue weighted by atomic mass is 14.0. The fourth-order valence-corrected chi connectivity index (χ4v) is 1.58. The second-order valence-corrected chi connectivity index (χ2v) is 3.95. The van der Waals surface area contributed by atoms with Crippen molar-refractivity contribution in [2.24, 2.45) is 0 Å². The fraction of sp³-hybridized carbons (Fsp3) is 0.429. The summed E-state index contributed by atoms with van der Waals surface area (Å²) in [7, 11) is 0. The molecule has 0 nitrogen and oxygen atoms in total. The predicted molar refractivity (Wildman–Crippen MR) is 63.7 cm³/mol. The molecule has 0 amide bonds. The Morgan fingerprint density at radius 3 is 2.57 bits per heavy atom. The largest absolute Gasteiger partial charge is 0.103 e. The molecule has 0 atom stereocenters. The first-order chi connectivity index (χ1) is 6.74. The minimum absolute atomic E-state index is 1.14. The van der Waals surface area contributed by atoms with Crippen LogP contribution in [0.4, 0.5) is 0 Å². The van der Waals surface area contributed by atoms with E-state index in [1.165, 1.54) is 36.0 Å². The molecule has 1 aromatic carbocycles. The van der Waals surface area contributed by atoms with Crippen molar-refractivity contribution in [2.75, 3.05) is 0 Å². The van der Waals surface area contributed by atoms with Crippen molar-refractivity contribution in [2.45, 2.75) is 39.5 Å². The van der Waals surface area contributed by atoms with Crippen LogP contribution in [0.2, 0.25) is 0 Å². The van der Waals surface area contributed by atoms with Crippen LogP contribution in [0.5, 0.6) is 0 Å². The van der Waals surface area contributed by atoms with Crippen molar-refractivity contribution in [1.82, 2.24) is 0 Å². The molecule has 1 rings (SSSR count). The van der Waals surface area contributed by atoms with Crippen LogP contribution in [0, 0.1) is 13.8 Å². The molecule has 1 aromatic rings. The van der Waals surface area contributed by atoms with Gasteiger partial charge in [0.2, 0.25) is 0 Å². The highest BCUT2D eigenvalue weighted by Crippen LogP contribution is 2.12. The molecule has 0 unspecified atom stereocenters. The van der Waals surface area contributed by atoms with E-state index < -0.39 is 0 Å². The molecule has 14 heavy (non-hydrogen) atoms. The smallest absolute Gasteiger partial charge is 0.0279 e. The maximum Gasteiger partial charge on any atom is -0.0279 e. The van der Waals surface area contributed by atoms with Gasteiger partial charge in [-0.25, -0.2) is 0 Å². The number of hydrogen-bond acceptors (Lipinski definition) is 0. The minimum atomic E-state index is 1.14. The predicted octanol–water partition coefficient (Wildman–Crippen LogP) is 4.20. The van der Waals surface area contributed by atoms with Crippen LogP contribution < -0.4 is 0 Å². The van der Waals surface area contributed by atoms with E-state index in [4.69, 9.17) is 0 Å². The quantitative estimate of drug-likeness (QED) is 0.480. The third-order valence-corrected chi connectivity index (χ3v) is 2.70. The number of benzene rings is 1. The van der Waals surface area contributed by atoms with Crippen molar-refractivity contribution < 1.29 is 0 Å². The van der Waals surface area contributed by atoms with E-state index in [0.29, 0.717) is 0 Å². The number of aryl methyl sites for hydroxylation is 3. The Balaban J connectivity index is 2.43. The van der Waals surface area contributed by atoms with Crippen molar-refractivity contribution in [3.8, 4) is 0 Å². The van der Waals surface area contributed by atoms with Gasteiger partial charge >= 0.3 is 0 Å². The molecule has 0 N–H and O–H groups in total. The fourth-order valence-electron chi connectivity index (χ4n) is 1.58. The Bertz CT molecular complexity index is 297. The molecule has 0 aliphatic carbocycles. The normalized spacial score (nSPS) is 10.1. The van der Waals surface area contributed by atoms with Crippen molar-refractivity contribution >= 4 is 0 Å². The standard InChI is InChI=1S/C14H20/c1-4-5-6-7-8-14-10-9-12(2)13(3)11-14/h4,9-11H,1,5-8H2,2-3H3. The van der Waals surface area contributed by atoms with E-state index in [9.17, 15) is 0 Å². The van der Waals surface area contributed by atoms with Gasteiger partial charge in [-0.2, -0.15) is 0 Å². The van der Waals surface area contributed by atoms with E-state index in [0.717, 1.165) is 6.42 Å². The summed E-state index contributed by atoms with van der Waals surface area (Å²) in [6, 6.07) is 6.78. The van der Waals surface area contributed by atoms with Gasteiger partial charge in [-0.05, 0) is 56.2 Å². The molecule has 0 heteroatoms. The molecule has 0 fully saturated rings. The first-order valence-electron chi connectivity index (χ1n) is 5.41. The molecule has 0 aliphatic rings. The first-order valence-corrected chi connectivity index (χ1v) is 5.41. The van der Waals surface area contributed by atoms with Gasteiger partial charge in [0.1, 0.15) is 0 Å². The lowest BCUT2D eigenvalue weighted by molar-refractivity contribution is 0.748. The Morgan fingerprint density at radius 1 is 1.14 bits per heavy atom. The van der Waals surface area contributed by atoms with Gasteiger partial charge in [-0.15, -0.1) is 6.58 Å². The number of unbranched alkanes of at least 4 members (excludes halogenated alkanes) is 2. The maximum absolute atomic E-state index is 3.73. The van der Waals surface area contributed by atoms with Gasteiger partial charge in [-0.3, -0.25) is 0 Å². The highest BCUT2D eigenvalue weighted by molar-refractivity contribution is 5.29. The second-order valence-electron chi connectivity index (χ2n) is 3.95. The van der Waals surface area contributed by atoms with Crippen LogP contribution in [0.1, 0.15) is 36.0 Å². The molecule has 0 heterocycles. The summed E-state index contributed by atoms with van der Waals surface area (Å²) in [4.78, 5) is 0. The maximum atomic E-state index is 3.73. The van der Waals surface area contributed by atoms with Crippen LogP contribution in [0.15, 0.2) is 30.9 Å². The van der Waals surface area contributed by atoms with Crippen LogP contribution in [-0.2, 0) is 6.42 Å². The molecule has 0 radical (unpaired) electrons.